The molecule has 2 aromatic rings. The third kappa shape index (κ3) is 3.75. The monoisotopic (exact) mass is 291 g/mol. The van der Waals surface area contributed by atoms with Crippen molar-refractivity contribution >= 4 is 23.4 Å². The van der Waals surface area contributed by atoms with Crippen molar-refractivity contribution in [2.75, 3.05) is 6.54 Å². The normalized spacial score (nSPS) is 10.7. The second-order valence-corrected chi connectivity index (χ2v) is 6.19. The summed E-state index contributed by atoms with van der Waals surface area (Å²) in [6.45, 7) is 4.87. The van der Waals surface area contributed by atoms with Gasteiger partial charge in [-0.1, -0.05) is 41.6 Å². The van der Waals surface area contributed by atoms with Crippen molar-refractivity contribution in [2.45, 2.75) is 30.1 Å². The molecule has 0 aliphatic carbocycles. The Morgan fingerprint density at radius 3 is 2.58 bits per heavy atom. The molecule has 0 atom stereocenters. The first-order chi connectivity index (χ1) is 9.10. The van der Waals surface area contributed by atoms with Gasteiger partial charge < -0.3 is 5.73 Å². The number of nitrogens with two attached hydrogens (primary N) is 1. The average molecular weight is 292 g/mol. The smallest absolute Gasteiger partial charge is 0.0449 e. The molecule has 0 aromatic heterocycles. The van der Waals surface area contributed by atoms with E-state index in [1.807, 2.05) is 6.07 Å². The summed E-state index contributed by atoms with van der Waals surface area (Å²) >= 11 is 8.03. The molecule has 0 heterocycles. The van der Waals surface area contributed by atoms with Crippen molar-refractivity contribution in [2.24, 2.45) is 5.73 Å². The molecule has 0 spiro atoms. The van der Waals surface area contributed by atoms with Crippen LogP contribution in [0.25, 0.3) is 0 Å². The minimum absolute atomic E-state index is 0.628. The van der Waals surface area contributed by atoms with Crippen molar-refractivity contribution < 1.29 is 0 Å². The molecule has 2 N–H and O–H groups in total. The summed E-state index contributed by atoms with van der Waals surface area (Å²) in [4.78, 5) is 2.45. The lowest BCUT2D eigenvalue weighted by Crippen LogP contribution is -2.02. The van der Waals surface area contributed by atoms with Gasteiger partial charge in [0.05, 0.1) is 0 Å². The Labute approximate surface area is 124 Å². The molecule has 3 heteroatoms. The van der Waals surface area contributed by atoms with E-state index in [1.165, 1.54) is 20.9 Å². The van der Waals surface area contributed by atoms with Crippen LogP contribution >= 0.6 is 23.4 Å². The summed E-state index contributed by atoms with van der Waals surface area (Å²) in [5.41, 5.74) is 9.25. The van der Waals surface area contributed by atoms with Crippen LogP contribution in [0.5, 0.6) is 0 Å². The van der Waals surface area contributed by atoms with E-state index in [-0.39, 0.29) is 0 Å². The third-order valence-electron chi connectivity index (χ3n) is 3.01. The Hall–Kier alpha value is -0.960. The molecule has 0 saturated carbocycles. The second-order valence-electron chi connectivity index (χ2n) is 4.66. The van der Waals surface area contributed by atoms with E-state index in [0.29, 0.717) is 6.54 Å². The second kappa shape index (κ2) is 6.47. The number of aryl methyl sites for hydroxylation is 2. The van der Waals surface area contributed by atoms with Crippen LogP contribution in [0.15, 0.2) is 46.2 Å². The largest absolute Gasteiger partial charge is 0.330 e. The van der Waals surface area contributed by atoms with Gasteiger partial charge in [0.15, 0.2) is 0 Å². The van der Waals surface area contributed by atoms with Gasteiger partial charge >= 0.3 is 0 Å². The van der Waals surface area contributed by atoms with Crippen LogP contribution in [0.2, 0.25) is 5.02 Å². The van der Waals surface area contributed by atoms with Gasteiger partial charge in [0, 0.05) is 14.8 Å². The maximum absolute atomic E-state index is 6.28. The van der Waals surface area contributed by atoms with E-state index < -0.39 is 0 Å². The molecule has 0 saturated heterocycles. The van der Waals surface area contributed by atoms with Crippen molar-refractivity contribution in [1.82, 2.24) is 0 Å². The summed E-state index contributed by atoms with van der Waals surface area (Å²) in [7, 11) is 0. The highest BCUT2D eigenvalue weighted by Gasteiger charge is 2.05. The van der Waals surface area contributed by atoms with Crippen LogP contribution in [-0.4, -0.2) is 6.54 Å². The first-order valence-corrected chi connectivity index (χ1v) is 7.53. The summed E-state index contributed by atoms with van der Waals surface area (Å²) in [6, 6.07) is 12.7. The van der Waals surface area contributed by atoms with Gasteiger partial charge in [0.1, 0.15) is 0 Å². The highest BCUT2D eigenvalue weighted by atomic mass is 35.5. The van der Waals surface area contributed by atoms with Crippen LogP contribution in [0, 0.1) is 13.8 Å². The summed E-state index contributed by atoms with van der Waals surface area (Å²) in [6.07, 6.45) is 0.827. The van der Waals surface area contributed by atoms with Crippen LogP contribution < -0.4 is 5.73 Å². The molecule has 0 bridgehead atoms. The van der Waals surface area contributed by atoms with Gasteiger partial charge in [-0.3, -0.25) is 0 Å². The van der Waals surface area contributed by atoms with Gasteiger partial charge in [-0.05, 0) is 61.7 Å². The highest BCUT2D eigenvalue weighted by molar-refractivity contribution is 7.99. The molecular weight excluding hydrogens is 274 g/mol. The lowest BCUT2D eigenvalue weighted by molar-refractivity contribution is 0.967. The molecule has 0 aliphatic heterocycles. The predicted octanol–water partition coefficient (Wildman–Crippen LogP) is 4.61. The van der Waals surface area contributed by atoms with Crippen LogP contribution in [-0.2, 0) is 6.42 Å². The molecule has 2 aromatic carbocycles. The Morgan fingerprint density at radius 2 is 1.89 bits per heavy atom. The number of hydrogen-bond donors (Lipinski definition) is 1. The quantitative estimate of drug-likeness (QED) is 0.890. The molecule has 2 rings (SSSR count). The topological polar surface area (TPSA) is 26.0 Å². The predicted molar refractivity (Wildman–Crippen MR) is 84.2 cm³/mol. The zero-order valence-electron chi connectivity index (χ0n) is 11.2. The van der Waals surface area contributed by atoms with E-state index in [9.17, 15) is 0 Å². The third-order valence-corrected chi connectivity index (χ3v) is 4.51. The Morgan fingerprint density at radius 1 is 1.11 bits per heavy atom. The lowest BCUT2D eigenvalue weighted by atomic mass is 10.1. The molecule has 0 fully saturated rings. The molecular formula is C16H18ClNS. The van der Waals surface area contributed by atoms with Crippen LogP contribution in [0.1, 0.15) is 16.7 Å². The van der Waals surface area contributed by atoms with Crippen LogP contribution in [0.3, 0.4) is 0 Å². The fraction of sp³-hybridized carbons (Fsp3) is 0.250. The maximum Gasteiger partial charge on any atom is 0.0449 e. The van der Waals surface area contributed by atoms with Crippen molar-refractivity contribution in [3.05, 3.63) is 58.1 Å². The minimum Gasteiger partial charge on any atom is -0.330 e. The molecule has 19 heavy (non-hydrogen) atoms. The average Bonchev–Trinajstić information content (AvgIpc) is 2.37. The van der Waals surface area contributed by atoms with E-state index in [2.05, 4.69) is 44.2 Å². The van der Waals surface area contributed by atoms with Gasteiger partial charge in [-0.25, -0.2) is 0 Å². The Bertz CT molecular complexity index is 581. The number of hydrogen-bond acceptors (Lipinski definition) is 2. The minimum atomic E-state index is 0.628. The van der Waals surface area contributed by atoms with Crippen molar-refractivity contribution in [3.8, 4) is 0 Å². The van der Waals surface area contributed by atoms with E-state index in [4.69, 9.17) is 17.3 Å². The van der Waals surface area contributed by atoms with E-state index in [0.717, 1.165) is 17.0 Å². The molecule has 0 aliphatic rings. The van der Waals surface area contributed by atoms with Gasteiger partial charge in [-0.2, -0.15) is 0 Å². The number of halogens is 1. The number of rotatable bonds is 4. The first kappa shape index (κ1) is 14.4. The Kier molecular flexibility index (Phi) is 4.92. The molecule has 0 radical (unpaired) electrons. The molecule has 100 valence electrons. The Balaban J connectivity index is 2.24. The van der Waals surface area contributed by atoms with Crippen molar-refractivity contribution in [1.29, 1.82) is 0 Å². The van der Waals surface area contributed by atoms with E-state index >= 15 is 0 Å². The summed E-state index contributed by atoms with van der Waals surface area (Å²) in [5.74, 6) is 0. The van der Waals surface area contributed by atoms with Crippen LogP contribution in [0.4, 0.5) is 0 Å². The summed E-state index contributed by atoms with van der Waals surface area (Å²) < 4.78 is 0. The van der Waals surface area contributed by atoms with Gasteiger partial charge in [0.2, 0.25) is 0 Å². The summed E-state index contributed by atoms with van der Waals surface area (Å²) in [5, 5.41) is 0.806. The SMILES string of the molecule is Cc1ccc(C)c(Sc2ccc(CCN)c(Cl)c2)c1. The lowest BCUT2D eigenvalue weighted by Gasteiger charge is -2.09. The number of benzene rings is 2. The fourth-order valence-electron chi connectivity index (χ4n) is 1.89. The van der Waals surface area contributed by atoms with E-state index in [1.54, 1.807) is 11.8 Å². The fourth-order valence-corrected chi connectivity index (χ4v) is 3.27. The first-order valence-electron chi connectivity index (χ1n) is 6.34. The molecule has 0 unspecified atom stereocenters. The zero-order chi connectivity index (χ0) is 13.8. The highest BCUT2D eigenvalue weighted by Crippen LogP contribution is 2.33. The van der Waals surface area contributed by atoms with Gasteiger partial charge in [-0.15, -0.1) is 0 Å². The van der Waals surface area contributed by atoms with Gasteiger partial charge in [0.25, 0.3) is 0 Å². The van der Waals surface area contributed by atoms with Crippen molar-refractivity contribution in [3.63, 3.8) is 0 Å². The maximum atomic E-state index is 6.28. The standard InChI is InChI=1S/C16H18ClNS/c1-11-3-4-12(2)16(9-11)19-14-6-5-13(7-8-18)15(17)10-14/h3-6,9-10H,7-8,18H2,1-2H3. The molecule has 0 amide bonds. The molecule has 1 nitrogen and oxygen atoms in total. The zero-order valence-corrected chi connectivity index (χ0v) is 12.8.